The summed E-state index contributed by atoms with van der Waals surface area (Å²) in [7, 11) is -3.20. The Kier molecular flexibility index (Phi) is 4.96. The van der Waals surface area contributed by atoms with Crippen LogP contribution in [0.5, 0.6) is 0 Å². The lowest BCUT2D eigenvalue weighted by Crippen LogP contribution is -2.49. The van der Waals surface area contributed by atoms with Gasteiger partial charge in [-0.05, 0) is 31.4 Å². The molecular formula is C16H23N5O3S. The largest absolute Gasteiger partial charge is 0.332 e. The third-order valence-electron chi connectivity index (χ3n) is 4.39. The number of amides is 2. The summed E-state index contributed by atoms with van der Waals surface area (Å²) >= 11 is 0. The van der Waals surface area contributed by atoms with Gasteiger partial charge in [0.1, 0.15) is 5.65 Å². The van der Waals surface area contributed by atoms with E-state index in [1.165, 1.54) is 0 Å². The van der Waals surface area contributed by atoms with Crippen LogP contribution in [0.3, 0.4) is 0 Å². The number of likely N-dealkylation sites (tertiary alicyclic amines) is 1. The van der Waals surface area contributed by atoms with Crippen molar-refractivity contribution in [3.8, 4) is 0 Å². The Hall–Kier alpha value is -2.13. The van der Waals surface area contributed by atoms with Crippen molar-refractivity contribution >= 4 is 21.7 Å². The van der Waals surface area contributed by atoms with Crippen molar-refractivity contribution in [3.63, 3.8) is 0 Å². The fourth-order valence-electron chi connectivity index (χ4n) is 3.11. The number of nitrogens with zero attached hydrogens (tertiary/aromatic N) is 3. The number of carbonyl (C=O) groups excluding carboxylic acids is 1. The summed E-state index contributed by atoms with van der Waals surface area (Å²) in [5.41, 5.74) is 2.89. The van der Waals surface area contributed by atoms with Crippen molar-refractivity contribution in [2.24, 2.45) is 0 Å². The molecule has 9 heteroatoms. The summed E-state index contributed by atoms with van der Waals surface area (Å²) < 4.78 is 27.1. The highest BCUT2D eigenvalue weighted by Crippen LogP contribution is 2.13. The van der Waals surface area contributed by atoms with E-state index in [0.717, 1.165) is 23.2 Å². The summed E-state index contributed by atoms with van der Waals surface area (Å²) in [5, 5.41) is 2.92. The second-order valence-electron chi connectivity index (χ2n) is 6.44. The number of urea groups is 1. The Morgan fingerprint density at radius 1 is 1.36 bits per heavy atom. The number of aromatic nitrogens is 2. The van der Waals surface area contributed by atoms with Gasteiger partial charge in [0.2, 0.25) is 10.0 Å². The zero-order chi connectivity index (χ0) is 18.0. The molecule has 136 valence electrons. The van der Waals surface area contributed by atoms with Crippen LogP contribution in [0.4, 0.5) is 4.79 Å². The molecule has 3 heterocycles. The fourth-order valence-corrected chi connectivity index (χ4v) is 3.96. The Morgan fingerprint density at radius 3 is 2.76 bits per heavy atom. The second kappa shape index (κ2) is 7.01. The summed E-state index contributed by atoms with van der Waals surface area (Å²) in [6.45, 7) is 3.46. The van der Waals surface area contributed by atoms with Crippen LogP contribution in [-0.2, 0) is 16.6 Å². The van der Waals surface area contributed by atoms with Gasteiger partial charge < -0.3 is 14.6 Å². The quantitative estimate of drug-likeness (QED) is 0.840. The van der Waals surface area contributed by atoms with Crippen LogP contribution in [0.2, 0.25) is 0 Å². The van der Waals surface area contributed by atoms with Crippen LogP contribution < -0.4 is 10.0 Å². The maximum absolute atomic E-state index is 12.3. The molecule has 1 aliphatic rings. The van der Waals surface area contributed by atoms with E-state index in [4.69, 9.17) is 0 Å². The van der Waals surface area contributed by atoms with Gasteiger partial charge in [-0.2, -0.15) is 0 Å². The first-order valence-electron chi connectivity index (χ1n) is 8.25. The number of hydrogen-bond acceptors (Lipinski definition) is 4. The first-order valence-corrected chi connectivity index (χ1v) is 10.1. The smallest absolute Gasteiger partial charge is 0.317 e. The minimum Gasteiger partial charge on any atom is -0.332 e. The summed E-state index contributed by atoms with van der Waals surface area (Å²) in [6, 6.07) is 3.72. The maximum Gasteiger partial charge on any atom is 0.317 e. The van der Waals surface area contributed by atoms with Crippen molar-refractivity contribution in [2.75, 3.05) is 19.3 Å². The maximum atomic E-state index is 12.3. The van der Waals surface area contributed by atoms with Crippen molar-refractivity contribution in [2.45, 2.75) is 32.4 Å². The Labute approximate surface area is 147 Å². The lowest BCUT2D eigenvalue weighted by molar-refractivity contribution is 0.179. The summed E-state index contributed by atoms with van der Waals surface area (Å²) in [5.74, 6) is 0. The molecule has 0 bridgehead atoms. The molecule has 0 saturated carbocycles. The van der Waals surface area contributed by atoms with Crippen molar-refractivity contribution in [1.29, 1.82) is 0 Å². The van der Waals surface area contributed by atoms with Crippen LogP contribution in [0.15, 0.2) is 24.5 Å². The van der Waals surface area contributed by atoms with Crippen LogP contribution >= 0.6 is 0 Å². The molecular weight excluding hydrogens is 342 g/mol. The third kappa shape index (κ3) is 4.29. The number of imidazole rings is 1. The van der Waals surface area contributed by atoms with Crippen LogP contribution in [-0.4, -0.2) is 54.1 Å². The molecule has 3 rings (SSSR count). The molecule has 0 aromatic carbocycles. The third-order valence-corrected chi connectivity index (χ3v) is 5.15. The highest BCUT2D eigenvalue weighted by molar-refractivity contribution is 7.88. The number of nitrogens with one attached hydrogen (secondary N) is 2. The number of hydrogen-bond donors (Lipinski definition) is 2. The zero-order valence-corrected chi connectivity index (χ0v) is 15.2. The van der Waals surface area contributed by atoms with Crippen LogP contribution in [0, 0.1) is 6.92 Å². The predicted octanol–water partition coefficient (Wildman–Crippen LogP) is 0.866. The lowest BCUT2D eigenvalue weighted by atomic mass is 10.1. The molecule has 2 N–H and O–H groups in total. The average molecular weight is 365 g/mol. The molecule has 2 aromatic heterocycles. The molecule has 2 amide bonds. The standard InChI is InChI=1S/C16H23N5O3S/c1-12-4-3-7-21-14(10-17-15(12)21)11-18-16(22)20-8-5-13(6-9-20)19-25(2,23)24/h3-4,7,10,13,19H,5-6,8-9,11H2,1-2H3,(H,18,22). The number of piperidine rings is 1. The molecule has 0 atom stereocenters. The summed E-state index contributed by atoms with van der Waals surface area (Å²) in [6.07, 6.45) is 6.10. The SMILES string of the molecule is Cc1cccn2c(CNC(=O)N3CCC(NS(C)(=O)=O)CC3)cnc12. The second-order valence-corrected chi connectivity index (χ2v) is 8.22. The van der Waals surface area contributed by atoms with Crippen molar-refractivity contribution in [3.05, 3.63) is 35.8 Å². The topological polar surface area (TPSA) is 95.8 Å². The lowest BCUT2D eigenvalue weighted by Gasteiger charge is -2.31. The van der Waals surface area contributed by atoms with Crippen LogP contribution in [0.25, 0.3) is 5.65 Å². The Bertz CT molecular complexity index is 869. The molecule has 0 radical (unpaired) electrons. The number of sulfonamides is 1. The zero-order valence-electron chi connectivity index (χ0n) is 14.4. The number of aryl methyl sites for hydroxylation is 1. The monoisotopic (exact) mass is 365 g/mol. The van der Waals surface area contributed by atoms with Gasteiger partial charge in [-0.1, -0.05) is 6.07 Å². The minimum absolute atomic E-state index is 0.0965. The molecule has 0 unspecified atom stereocenters. The minimum atomic E-state index is -3.20. The van der Waals surface area contributed by atoms with Gasteiger partial charge in [-0.3, -0.25) is 0 Å². The fraction of sp³-hybridized carbons (Fsp3) is 0.500. The number of rotatable bonds is 4. The van der Waals surface area contributed by atoms with Gasteiger partial charge in [-0.25, -0.2) is 22.9 Å². The van der Waals surface area contributed by atoms with E-state index in [1.807, 2.05) is 29.7 Å². The van der Waals surface area contributed by atoms with Crippen molar-refractivity contribution in [1.82, 2.24) is 24.3 Å². The van der Waals surface area contributed by atoms with Crippen molar-refractivity contribution < 1.29 is 13.2 Å². The Balaban J connectivity index is 1.54. The number of fused-ring (bicyclic) bond motifs is 1. The molecule has 0 aliphatic carbocycles. The predicted molar refractivity (Wildman–Crippen MR) is 94.7 cm³/mol. The van der Waals surface area contributed by atoms with E-state index in [2.05, 4.69) is 15.0 Å². The van der Waals surface area contributed by atoms with E-state index in [1.54, 1.807) is 11.1 Å². The first-order chi connectivity index (χ1) is 11.8. The van der Waals surface area contributed by atoms with Gasteiger partial charge in [0.05, 0.1) is 24.7 Å². The van der Waals surface area contributed by atoms with Gasteiger partial charge >= 0.3 is 6.03 Å². The molecule has 1 aliphatic heterocycles. The molecule has 1 saturated heterocycles. The van der Waals surface area contributed by atoms with Gasteiger partial charge in [0.25, 0.3) is 0 Å². The summed E-state index contributed by atoms with van der Waals surface area (Å²) in [4.78, 5) is 18.4. The molecule has 0 spiro atoms. The molecule has 2 aromatic rings. The van der Waals surface area contributed by atoms with E-state index in [-0.39, 0.29) is 12.1 Å². The highest BCUT2D eigenvalue weighted by atomic mass is 32.2. The normalized spacial score (nSPS) is 16.3. The molecule has 1 fully saturated rings. The number of carbonyl (C=O) groups is 1. The van der Waals surface area contributed by atoms with Gasteiger partial charge in [0, 0.05) is 25.3 Å². The Morgan fingerprint density at radius 2 is 2.08 bits per heavy atom. The molecule has 25 heavy (non-hydrogen) atoms. The van der Waals surface area contributed by atoms with Gasteiger partial charge in [0.15, 0.2) is 0 Å². The van der Waals surface area contributed by atoms with E-state index >= 15 is 0 Å². The van der Waals surface area contributed by atoms with E-state index in [0.29, 0.717) is 32.5 Å². The highest BCUT2D eigenvalue weighted by Gasteiger charge is 2.24. The van der Waals surface area contributed by atoms with E-state index in [9.17, 15) is 13.2 Å². The average Bonchev–Trinajstić information content (AvgIpc) is 2.96. The van der Waals surface area contributed by atoms with E-state index < -0.39 is 10.0 Å². The van der Waals surface area contributed by atoms with Gasteiger partial charge in [-0.15, -0.1) is 0 Å². The first kappa shape index (κ1) is 17.7. The van der Waals surface area contributed by atoms with Crippen LogP contribution in [0.1, 0.15) is 24.1 Å². The molecule has 8 nitrogen and oxygen atoms in total. The number of pyridine rings is 1.